The fourth-order valence-electron chi connectivity index (χ4n) is 3.44. The van der Waals surface area contributed by atoms with Gasteiger partial charge in [-0.2, -0.15) is 0 Å². The summed E-state index contributed by atoms with van der Waals surface area (Å²) in [6.45, 7) is 0.464. The van der Waals surface area contributed by atoms with Gasteiger partial charge >= 0.3 is 0 Å². The second kappa shape index (κ2) is 6.89. The number of thiophene rings is 1. The van der Waals surface area contributed by atoms with Gasteiger partial charge in [-0.3, -0.25) is 9.36 Å². The van der Waals surface area contributed by atoms with Gasteiger partial charge in [-0.25, -0.2) is 4.98 Å². The maximum atomic E-state index is 13.2. The standard InChI is InChI=1S/C23H15ClN2OS/c24-19-9-5-15(6-10-19)12-26-14-25-22-21(23(26)27)20(13-28-22)18-8-7-16-3-1-2-4-17(16)11-18/h1-11,13-14H,12H2. The number of rotatable bonds is 3. The van der Waals surface area contributed by atoms with Crippen LogP contribution in [0.5, 0.6) is 0 Å². The fraction of sp³-hybridized carbons (Fsp3) is 0.0435. The largest absolute Gasteiger partial charge is 0.294 e. The normalized spacial score (nSPS) is 11.3. The van der Waals surface area contributed by atoms with E-state index in [1.807, 2.05) is 41.8 Å². The van der Waals surface area contributed by atoms with Crippen LogP contribution in [0.4, 0.5) is 0 Å². The summed E-state index contributed by atoms with van der Waals surface area (Å²) in [5.74, 6) is 0. The molecular formula is C23H15ClN2OS. The molecule has 0 radical (unpaired) electrons. The van der Waals surface area contributed by atoms with Crippen molar-refractivity contribution in [2.45, 2.75) is 6.54 Å². The number of nitrogens with zero attached hydrogens (tertiary/aromatic N) is 2. The highest BCUT2D eigenvalue weighted by Crippen LogP contribution is 2.32. The first-order valence-corrected chi connectivity index (χ1v) is 10.1. The summed E-state index contributed by atoms with van der Waals surface area (Å²) >= 11 is 7.46. The molecule has 0 bridgehead atoms. The van der Waals surface area contributed by atoms with Gasteiger partial charge < -0.3 is 0 Å². The molecule has 136 valence electrons. The molecule has 0 saturated heterocycles. The highest BCUT2D eigenvalue weighted by Gasteiger charge is 2.14. The predicted octanol–water partition coefficient (Wildman–Crippen LogP) is 5.98. The van der Waals surface area contributed by atoms with Crippen LogP contribution in [0.2, 0.25) is 5.02 Å². The molecule has 5 rings (SSSR count). The van der Waals surface area contributed by atoms with Crippen LogP contribution in [0.25, 0.3) is 32.1 Å². The molecule has 3 nitrogen and oxygen atoms in total. The van der Waals surface area contributed by atoms with Gasteiger partial charge in [0.25, 0.3) is 5.56 Å². The summed E-state index contributed by atoms with van der Waals surface area (Å²) < 4.78 is 1.66. The lowest BCUT2D eigenvalue weighted by Gasteiger charge is -2.07. The lowest BCUT2D eigenvalue weighted by molar-refractivity contribution is 0.749. The molecule has 28 heavy (non-hydrogen) atoms. The minimum absolute atomic E-state index is 0.0237. The van der Waals surface area contributed by atoms with Crippen molar-refractivity contribution in [3.8, 4) is 11.1 Å². The zero-order valence-corrected chi connectivity index (χ0v) is 16.4. The predicted molar refractivity (Wildman–Crippen MR) is 117 cm³/mol. The van der Waals surface area contributed by atoms with E-state index in [1.54, 1.807) is 10.9 Å². The first-order valence-electron chi connectivity index (χ1n) is 8.89. The molecule has 0 unspecified atom stereocenters. The Morgan fingerprint density at radius 1 is 0.964 bits per heavy atom. The van der Waals surface area contributed by atoms with Crippen molar-refractivity contribution in [2.24, 2.45) is 0 Å². The van der Waals surface area contributed by atoms with Gasteiger partial charge in [0.1, 0.15) is 4.83 Å². The van der Waals surface area contributed by atoms with Crippen LogP contribution >= 0.6 is 22.9 Å². The Hall–Kier alpha value is -2.95. The van der Waals surface area contributed by atoms with Crippen molar-refractivity contribution in [1.29, 1.82) is 0 Å². The van der Waals surface area contributed by atoms with E-state index in [0.717, 1.165) is 26.9 Å². The molecule has 0 saturated carbocycles. The third-order valence-electron chi connectivity index (χ3n) is 4.89. The molecule has 0 aliphatic rings. The summed E-state index contributed by atoms with van der Waals surface area (Å²) in [6, 6.07) is 22.0. The van der Waals surface area contributed by atoms with Gasteiger partial charge in [0.05, 0.1) is 18.3 Å². The van der Waals surface area contributed by atoms with E-state index in [9.17, 15) is 4.79 Å². The Balaban J connectivity index is 1.63. The average molecular weight is 403 g/mol. The summed E-state index contributed by atoms with van der Waals surface area (Å²) in [4.78, 5) is 18.5. The van der Waals surface area contributed by atoms with Crippen molar-refractivity contribution >= 4 is 43.9 Å². The van der Waals surface area contributed by atoms with Crippen molar-refractivity contribution in [1.82, 2.24) is 9.55 Å². The molecule has 5 aromatic rings. The molecule has 2 heterocycles. The Morgan fingerprint density at radius 2 is 1.75 bits per heavy atom. The Morgan fingerprint density at radius 3 is 2.57 bits per heavy atom. The lowest BCUT2D eigenvalue weighted by atomic mass is 10.0. The van der Waals surface area contributed by atoms with E-state index < -0.39 is 0 Å². The van der Waals surface area contributed by atoms with Crippen molar-refractivity contribution < 1.29 is 0 Å². The smallest absolute Gasteiger partial charge is 0.263 e. The molecule has 0 aliphatic heterocycles. The van der Waals surface area contributed by atoms with E-state index in [4.69, 9.17) is 11.6 Å². The highest BCUT2D eigenvalue weighted by molar-refractivity contribution is 7.17. The zero-order valence-electron chi connectivity index (χ0n) is 14.8. The SMILES string of the molecule is O=c1c2c(-c3ccc4ccccc4c3)csc2ncn1Cc1ccc(Cl)cc1. The van der Waals surface area contributed by atoms with Crippen LogP contribution in [-0.2, 0) is 6.54 Å². The van der Waals surface area contributed by atoms with Crippen LogP contribution in [0.3, 0.4) is 0 Å². The number of halogens is 1. The van der Waals surface area contributed by atoms with Gasteiger partial charge in [0.2, 0.25) is 0 Å². The summed E-state index contributed by atoms with van der Waals surface area (Å²) in [6.07, 6.45) is 1.62. The maximum Gasteiger partial charge on any atom is 0.263 e. The van der Waals surface area contributed by atoms with Gasteiger partial charge in [0.15, 0.2) is 0 Å². The van der Waals surface area contributed by atoms with Crippen molar-refractivity contribution in [3.63, 3.8) is 0 Å². The Labute approximate surface area is 170 Å². The minimum Gasteiger partial charge on any atom is -0.294 e. The molecule has 0 aliphatic carbocycles. The minimum atomic E-state index is -0.0237. The number of benzene rings is 3. The van der Waals surface area contributed by atoms with Crippen molar-refractivity contribution in [2.75, 3.05) is 0 Å². The molecule has 3 aromatic carbocycles. The monoisotopic (exact) mass is 402 g/mol. The number of hydrogen-bond acceptors (Lipinski definition) is 3. The van der Waals surface area contributed by atoms with Crippen LogP contribution in [0, 0.1) is 0 Å². The van der Waals surface area contributed by atoms with Gasteiger partial charge in [-0.1, -0.05) is 60.1 Å². The average Bonchev–Trinajstić information content (AvgIpc) is 3.16. The molecule has 0 fully saturated rings. The highest BCUT2D eigenvalue weighted by atomic mass is 35.5. The molecule has 0 N–H and O–H groups in total. The van der Waals surface area contributed by atoms with E-state index >= 15 is 0 Å². The second-order valence-corrected chi connectivity index (χ2v) is 7.99. The van der Waals surface area contributed by atoms with E-state index in [0.29, 0.717) is 17.0 Å². The van der Waals surface area contributed by atoms with E-state index in [2.05, 4.69) is 35.3 Å². The van der Waals surface area contributed by atoms with Crippen LogP contribution in [0.15, 0.2) is 83.2 Å². The third-order valence-corrected chi connectivity index (χ3v) is 6.03. The third kappa shape index (κ3) is 3.01. The van der Waals surface area contributed by atoms with Gasteiger partial charge in [0, 0.05) is 16.0 Å². The molecular weight excluding hydrogens is 388 g/mol. The van der Waals surface area contributed by atoms with Gasteiger partial charge in [-0.05, 0) is 40.1 Å². The molecule has 0 spiro atoms. The number of hydrogen-bond donors (Lipinski definition) is 0. The number of fused-ring (bicyclic) bond motifs is 2. The fourth-order valence-corrected chi connectivity index (χ4v) is 4.47. The van der Waals surface area contributed by atoms with Crippen LogP contribution in [-0.4, -0.2) is 9.55 Å². The quantitative estimate of drug-likeness (QED) is 0.372. The Kier molecular flexibility index (Phi) is 4.23. The number of aromatic nitrogens is 2. The first-order chi connectivity index (χ1) is 13.7. The maximum absolute atomic E-state index is 13.2. The van der Waals surface area contributed by atoms with Gasteiger partial charge in [-0.15, -0.1) is 11.3 Å². The zero-order chi connectivity index (χ0) is 19.1. The molecule has 0 atom stereocenters. The lowest BCUT2D eigenvalue weighted by Crippen LogP contribution is -2.20. The molecule has 2 aromatic heterocycles. The van der Waals surface area contributed by atoms with Crippen molar-refractivity contribution in [3.05, 3.63) is 99.4 Å². The van der Waals surface area contributed by atoms with E-state index in [-0.39, 0.29) is 5.56 Å². The molecule has 0 amide bonds. The van der Waals surface area contributed by atoms with Crippen LogP contribution < -0.4 is 5.56 Å². The Bertz CT molecular complexity index is 1370. The second-order valence-electron chi connectivity index (χ2n) is 6.70. The topological polar surface area (TPSA) is 34.9 Å². The first kappa shape index (κ1) is 17.2. The summed E-state index contributed by atoms with van der Waals surface area (Å²) in [5, 5.41) is 5.72. The molecule has 5 heteroatoms. The van der Waals surface area contributed by atoms with Crippen LogP contribution in [0.1, 0.15) is 5.56 Å². The summed E-state index contributed by atoms with van der Waals surface area (Å²) in [5.41, 5.74) is 2.96. The van der Waals surface area contributed by atoms with E-state index in [1.165, 1.54) is 16.7 Å². The summed E-state index contributed by atoms with van der Waals surface area (Å²) in [7, 11) is 0.